The summed E-state index contributed by atoms with van der Waals surface area (Å²) in [5, 5.41) is 8.61. The fourth-order valence-corrected chi connectivity index (χ4v) is 5.24. The van der Waals surface area contributed by atoms with Gasteiger partial charge in [-0.1, -0.05) is 24.3 Å². The second-order valence-electron chi connectivity index (χ2n) is 10.7. The van der Waals surface area contributed by atoms with Crippen molar-refractivity contribution in [3.05, 3.63) is 35.4 Å². The number of nitrogens with one attached hydrogen (secondary N) is 3. The first-order valence-corrected chi connectivity index (χ1v) is 13.9. The van der Waals surface area contributed by atoms with E-state index in [1.54, 1.807) is 30.1 Å². The number of benzene rings is 1. The normalized spacial score (nSPS) is 20.5. The van der Waals surface area contributed by atoms with E-state index >= 15 is 0 Å². The van der Waals surface area contributed by atoms with Crippen molar-refractivity contribution in [3.63, 3.8) is 0 Å². The fraction of sp³-hybridized carbons (Fsp3) is 0.690. The summed E-state index contributed by atoms with van der Waals surface area (Å²) >= 11 is 0. The molecule has 3 rings (SSSR count). The molecule has 1 aromatic carbocycles. The van der Waals surface area contributed by atoms with E-state index in [0.29, 0.717) is 12.5 Å². The highest BCUT2D eigenvalue weighted by Crippen LogP contribution is 2.25. The maximum atomic E-state index is 12.0. The maximum absolute atomic E-state index is 12.0. The van der Waals surface area contributed by atoms with Gasteiger partial charge in [0.2, 0.25) is 18.2 Å². The van der Waals surface area contributed by atoms with Crippen molar-refractivity contribution in [2.45, 2.75) is 103 Å². The van der Waals surface area contributed by atoms with E-state index in [9.17, 15) is 14.4 Å². The number of carbonyl (C=O) groups is 3. The molecule has 1 heterocycles. The van der Waals surface area contributed by atoms with E-state index in [1.165, 1.54) is 25.7 Å². The van der Waals surface area contributed by atoms with Crippen molar-refractivity contribution < 1.29 is 14.4 Å². The van der Waals surface area contributed by atoms with Crippen LogP contribution < -0.4 is 16.0 Å². The third kappa shape index (κ3) is 9.42. The first-order chi connectivity index (χ1) is 17.7. The topological polar surface area (TPSA) is 93.8 Å². The van der Waals surface area contributed by atoms with E-state index in [2.05, 4.69) is 59.0 Å². The summed E-state index contributed by atoms with van der Waals surface area (Å²) < 4.78 is 0. The second kappa shape index (κ2) is 15.7. The number of amides is 3. The van der Waals surface area contributed by atoms with Crippen LogP contribution in [0.4, 0.5) is 0 Å². The molecule has 3 amide bonds. The molecule has 208 valence electrons. The monoisotopic (exact) mass is 515 g/mol. The molecule has 1 fully saturated rings. The lowest BCUT2D eigenvalue weighted by Crippen LogP contribution is -2.50. The highest BCUT2D eigenvalue weighted by Gasteiger charge is 2.36. The maximum Gasteiger partial charge on any atom is 0.242 e. The lowest BCUT2D eigenvalue weighted by atomic mass is 9.92. The van der Waals surface area contributed by atoms with Gasteiger partial charge in [-0.2, -0.15) is 0 Å². The Hall–Kier alpha value is -2.45. The first kappa shape index (κ1) is 30.8. The highest BCUT2D eigenvalue weighted by molar-refractivity contribution is 5.84. The third-order valence-electron chi connectivity index (χ3n) is 7.69. The third-order valence-corrected chi connectivity index (χ3v) is 7.69. The van der Waals surface area contributed by atoms with E-state index < -0.39 is 0 Å². The largest absolute Gasteiger partial charge is 0.357 e. The quantitative estimate of drug-likeness (QED) is 0.394. The van der Waals surface area contributed by atoms with Crippen molar-refractivity contribution in [2.75, 3.05) is 27.2 Å². The lowest BCUT2D eigenvalue weighted by Gasteiger charge is -2.32. The molecule has 4 unspecified atom stereocenters. The minimum absolute atomic E-state index is 0.00921. The number of likely N-dealkylation sites (N-methyl/N-ethyl adjacent to an activating group) is 2. The number of aryl methyl sites for hydroxylation is 2. The van der Waals surface area contributed by atoms with E-state index in [0.717, 1.165) is 32.3 Å². The molecule has 0 saturated carbocycles. The van der Waals surface area contributed by atoms with Crippen LogP contribution in [0.2, 0.25) is 0 Å². The van der Waals surface area contributed by atoms with Crippen molar-refractivity contribution in [1.29, 1.82) is 0 Å². The Labute approximate surface area is 223 Å². The van der Waals surface area contributed by atoms with Gasteiger partial charge in [0.15, 0.2) is 0 Å². The second-order valence-corrected chi connectivity index (χ2v) is 10.7. The van der Waals surface area contributed by atoms with Gasteiger partial charge in [0.05, 0.1) is 6.04 Å². The summed E-state index contributed by atoms with van der Waals surface area (Å²) in [6.07, 6.45) is 8.55. The number of rotatable bonds is 11. The summed E-state index contributed by atoms with van der Waals surface area (Å²) in [6.45, 7) is 9.65. The van der Waals surface area contributed by atoms with Gasteiger partial charge < -0.3 is 20.9 Å². The van der Waals surface area contributed by atoms with E-state index in [4.69, 9.17) is 0 Å². The van der Waals surface area contributed by atoms with E-state index in [-0.39, 0.29) is 36.0 Å². The zero-order valence-corrected chi connectivity index (χ0v) is 23.8. The Morgan fingerprint density at radius 2 is 1.68 bits per heavy atom. The van der Waals surface area contributed by atoms with Gasteiger partial charge in [-0.05, 0) is 90.8 Å². The Kier molecular flexibility index (Phi) is 13.1. The smallest absolute Gasteiger partial charge is 0.242 e. The summed E-state index contributed by atoms with van der Waals surface area (Å²) in [7, 11) is 3.37. The molecule has 0 spiro atoms. The average Bonchev–Trinajstić information content (AvgIpc) is 3.33. The molecule has 2 aliphatic rings. The zero-order chi connectivity index (χ0) is 27.4. The molecule has 0 aromatic heterocycles. The number of likely N-dealkylation sites (tertiary alicyclic amines) is 1. The number of hydrogen-bond acceptors (Lipinski definition) is 5. The van der Waals surface area contributed by atoms with Gasteiger partial charge in [0.1, 0.15) is 6.04 Å². The summed E-state index contributed by atoms with van der Waals surface area (Å²) in [4.78, 5) is 39.4. The lowest BCUT2D eigenvalue weighted by molar-refractivity contribution is -0.132. The molecule has 4 atom stereocenters. The molecule has 8 heteroatoms. The molecule has 0 bridgehead atoms. The van der Waals surface area contributed by atoms with Crippen molar-refractivity contribution in [3.8, 4) is 0 Å². The number of hydrogen-bond donors (Lipinski definition) is 3. The molecule has 1 aromatic rings. The van der Waals surface area contributed by atoms with Gasteiger partial charge in [0, 0.05) is 38.3 Å². The standard InChI is InChI=1S/C19H37N5O3.C10H12/c1-13(2)23(11-14(3)22-18(26)15(4)20-5)10-9-16-7-8-17(19(27)21-6)24(16)12-25;1-2-6-10-8-4-3-7-9(10)5-1/h12-17,20H,7-11H2,1-6H3,(H,21,27)(H,22,26);1-2,5-6H,3-4,7-8H2. The highest BCUT2D eigenvalue weighted by atomic mass is 16.2. The summed E-state index contributed by atoms with van der Waals surface area (Å²) in [5.74, 6) is -0.106. The van der Waals surface area contributed by atoms with Gasteiger partial charge in [-0.3, -0.25) is 19.3 Å². The van der Waals surface area contributed by atoms with Crippen LogP contribution in [0.25, 0.3) is 0 Å². The molecule has 3 N–H and O–H groups in total. The van der Waals surface area contributed by atoms with Crippen molar-refractivity contribution in [2.24, 2.45) is 0 Å². The molecular weight excluding hydrogens is 466 g/mol. The Morgan fingerprint density at radius 3 is 2.19 bits per heavy atom. The van der Waals surface area contributed by atoms with E-state index in [1.807, 2.05) is 13.8 Å². The van der Waals surface area contributed by atoms with Crippen LogP contribution >= 0.6 is 0 Å². The summed E-state index contributed by atoms with van der Waals surface area (Å²) in [6, 6.07) is 8.66. The number of carbonyl (C=O) groups excluding carboxylic acids is 3. The average molecular weight is 516 g/mol. The SMILES string of the molecule is CNC(=O)C1CCC(CCN(CC(C)NC(=O)C(C)NC)C(C)C)N1C=O.c1ccc2c(c1)CCCC2. The van der Waals surface area contributed by atoms with Gasteiger partial charge in [0.25, 0.3) is 0 Å². The number of fused-ring (bicyclic) bond motifs is 1. The predicted molar refractivity (Wildman–Crippen MR) is 149 cm³/mol. The van der Waals surface area contributed by atoms with Gasteiger partial charge in [-0.15, -0.1) is 0 Å². The fourth-order valence-electron chi connectivity index (χ4n) is 5.24. The molecular formula is C29H49N5O3. The van der Waals surface area contributed by atoms with Crippen LogP contribution in [-0.2, 0) is 27.2 Å². The Balaban J connectivity index is 0.000000394. The van der Waals surface area contributed by atoms with Gasteiger partial charge in [-0.25, -0.2) is 0 Å². The summed E-state index contributed by atoms with van der Waals surface area (Å²) in [5.41, 5.74) is 3.16. The van der Waals surface area contributed by atoms with Crippen LogP contribution in [0.1, 0.15) is 70.9 Å². The van der Waals surface area contributed by atoms with Crippen LogP contribution in [0, 0.1) is 0 Å². The molecule has 8 nitrogen and oxygen atoms in total. The van der Waals surface area contributed by atoms with Crippen LogP contribution in [0.3, 0.4) is 0 Å². The minimum Gasteiger partial charge on any atom is -0.357 e. The first-order valence-electron chi connectivity index (χ1n) is 13.9. The van der Waals surface area contributed by atoms with Crippen LogP contribution in [-0.4, -0.2) is 85.4 Å². The Morgan fingerprint density at radius 1 is 1.05 bits per heavy atom. The van der Waals surface area contributed by atoms with Crippen molar-refractivity contribution >= 4 is 18.2 Å². The molecule has 1 aliphatic heterocycles. The van der Waals surface area contributed by atoms with Crippen molar-refractivity contribution in [1.82, 2.24) is 25.8 Å². The predicted octanol–water partition coefficient (Wildman–Crippen LogP) is 2.50. The molecule has 0 radical (unpaired) electrons. The minimum atomic E-state index is -0.355. The molecule has 1 aliphatic carbocycles. The van der Waals surface area contributed by atoms with Crippen LogP contribution in [0.5, 0.6) is 0 Å². The zero-order valence-electron chi connectivity index (χ0n) is 23.8. The number of nitrogens with zero attached hydrogens (tertiary/aromatic N) is 2. The van der Waals surface area contributed by atoms with Gasteiger partial charge >= 0.3 is 0 Å². The van der Waals surface area contributed by atoms with Crippen LogP contribution in [0.15, 0.2) is 24.3 Å². The molecule has 37 heavy (non-hydrogen) atoms. The Bertz CT molecular complexity index is 837. The molecule has 1 saturated heterocycles.